The summed E-state index contributed by atoms with van der Waals surface area (Å²) in [5.41, 5.74) is -0.460. The molecule has 0 aromatic heterocycles. The molecular weight excluding hydrogens is 296 g/mol. The fraction of sp³-hybridized carbons (Fsp3) is 0.583. The van der Waals surface area contributed by atoms with Gasteiger partial charge >= 0.3 is 0 Å². The molecular formula is C12H12Cl3NO2. The lowest BCUT2D eigenvalue weighted by Crippen LogP contribution is -2.48. The van der Waals surface area contributed by atoms with E-state index in [-0.39, 0.29) is 18.1 Å². The van der Waals surface area contributed by atoms with Crippen molar-refractivity contribution in [1.29, 1.82) is 0 Å². The van der Waals surface area contributed by atoms with Crippen molar-refractivity contribution in [3.63, 3.8) is 0 Å². The third-order valence-electron chi connectivity index (χ3n) is 4.02. The first kappa shape index (κ1) is 12.8. The summed E-state index contributed by atoms with van der Waals surface area (Å²) in [6, 6.07) is -0.269. The van der Waals surface area contributed by atoms with Crippen molar-refractivity contribution < 1.29 is 9.53 Å². The van der Waals surface area contributed by atoms with E-state index in [9.17, 15) is 4.79 Å². The molecule has 0 aromatic carbocycles. The molecule has 6 heteroatoms. The molecule has 2 saturated heterocycles. The zero-order chi connectivity index (χ0) is 13.1. The van der Waals surface area contributed by atoms with E-state index in [1.165, 1.54) is 0 Å². The first-order chi connectivity index (χ1) is 8.38. The molecule has 4 atom stereocenters. The Morgan fingerprint density at radius 3 is 2.83 bits per heavy atom. The average Bonchev–Trinajstić information content (AvgIpc) is 2.91. The van der Waals surface area contributed by atoms with Crippen molar-refractivity contribution >= 4 is 40.7 Å². The Bertz CT molecular complexity index is 445. The van der Waals surface area contributed by atoms with Crippen molar-refractivity contribution in [3.05, 3.63) is 24.8 Å². The number of carbonyl (C=O) groups excluding carboxylic acids is 1. The van der Waals surface area contributed by atoms with Crippen LogP contribution in [0.4, 0.5) is 0 Å². The van der Waals surface area contributed by atoms with Crippen LogP contribution in [-0.4, -0.2) is 38.9 Å². The van der Waals surface area contributed by atoms with Crippen LogP contribution in [0, 0.1) is 5.92 Å². The van der Waals surface area contributed by atoms with E-state index in [4.69, 9.17) is 39.5 Å². The number of ether oxygens (including phenoxy) is 1. The van der Waals surface area contributed by atoms with E-state index < -0.39 is 15.3 Å². The highest BCUT2D eigenvalue weighted by molar-refractivity contribution is 6.76. The van der Waals surface area contributed by atoms with Crippen molar-refractivity contribution in [1.82, 2.24) is 4.90 Å². The predicted octanol–water partition coefficient (Wildman–Crippen LogP) is 2.47. The summed E-state index contributed by atoms with van der Waals surface area (Å²) in [5, 5.41) is 0. The van der Waals surface area contributed by atoms with Crippen LogP contribution < -0.4 is 0 Å². The lowest BCUT2D eigenvalue weighted by molar-refractivity contribution is -0.132. The first-order valence-electron chi connectivity index (χ1n) is 5.76. The number of fused-ring (bicyclic) bond motifs is 1. The van der Waals surface area contributed by atoms with Gasteiger partial charge in [-0.2, -0.15) is 0 Å². The summed E-state index contributed by atoms with van der Waals surface area (Å²) in [4.78, 5) is 13.7. The number of halogens is 3. The highest BCUT2D eigenvalue weighted by Crippen LogP contribution is 2.52. The van der Waals surface area contributed by atoms with E-state index in [2.05, 4.69) is 6.58 Å². The lowest BCUT2D eigenvalue weighted by Gasteiger charge is -2.32. The van der Waals surface area contributed by atoms with Crippen LogP contribution in [0.25, 0.3) is 0 Å². The molecule has 98 valence electrons. The van der Waals surface area contributed by atoms with Gasteiger partial charge in [0, 0.05) is 12.5 Å². The molecule has 3 nitrogen and oxygen atoms in total. The van der Waals surface area contributed by atoms with Gasteiger partial charge in [0.25, 0.3) is 9.70 Å². The standard InChI is InChI=1S/C12H12Cl3NO2/c1-2-9-11-4-3-8(18-11)5-7(11)6-16(9)10(17)12(13,14)15/h2-4,7-9H,1,5-6H2/t7-,8+,9+,11-/m1/s1. The van der Waals surface area contributed by atoms with Crippen LogP contribution in [0.3, 0.4) is 0 Å². The average molecular weight is 309 g/mol. The summed E-state index contributed by atoms with van der Waals surface area (Å²) in [5.74, 6) is -0.256. The lowest BCUT2D eigenvalue weighted by atomic mass is 9.82. The van der Waals surface area contributed by atoms with Gasteiger partial charge in [-0.1, -0.05) is 53.0 Å². The second-order valence-corrected chi connectivity index (χ2v) is 7.22. The minimum atomic E-state index is -1.93. The van der Waals surface area contributed by atoms with Crippen molar-refractivity contribution in [2.75, 3.05) is 6.54 Å². The van der Waals surface area contributed by atoms with E-state index in [1.807, 2.05) is 12.2 Å². The van der Waals surface area contributed by atoms with Crippen molar-refractivity contribution in [2.24, 2.45) is 5.92 Å². The summed E-state index contributed by atoms with van der Waals surface area (Å²) >= 11 is 17.1. The second-order valence-electron chi connectivity index (χ2n) is 4.94. The highest BCUT2D eigenvalue weighted by Gasteiger charge is 2.62. The van der Waals surface area contributed by atoms with Gasteiger partial charge in [0.1, 0.15) is 5.60 Å². The maximum Gasteiger partial charge on any atom is 0.275 e. The quantitative estimate of drug-likeness (QED) is 0.550. The Labute approximate surface area is 120 Å². The van der Waals surface area contributed by atoms with Crippen LogP contribution in [-0.2, 0) is 9.53 Å². The summed E-state index contributed by atoms with van der Waals surface area (Å²) < 4.78 is 4.04. The Hall–Kier alpha value is -0.220. The van der Waals surface area contributed by atoms with Gasteiger partial charge in [-0.25, -0.2) is 0 Å². The SMILES string of the molecule is C=C[C@@H]1N(C(=O)C(Cl)(Cl)Cl)C[C@H]2C[C@@H]3C=C[C@@]21O3. The molecule has 2 bridgehead atoms. The fourth-order valence-electron chi connectivity index (χ4n) is 3.33. The first-order valence-corrected chi connectivity index (χ1v) is 6.89. The molecule has 0 N–H and O–H groups in total. The topological polar surface area (TPSA) is 29.5 Å². The second kappa shape index (κ2) is 3.89. The Kier molecular flexibility index (Phi) is 2.76. The van der Waals surface area contributed by atoms with E-state index >= 15 is 0 Å². The predicted molar refractivity (Wildman–Crippen MR) is 70.8 cm³/mol. The number of amides is 1. The van der Waals surface area contributed by atoms with Crippen molar-refractivity contribution in [2.45, 2.75) is 28.0 Å². The normalized spacial score (nSPS) is 41.3. The minimum absolute atomic E-state index is 0.155. The zero-order valence-electron chi connectivity index (χ0n) is 9.48. The molecule has 18 heavy (non-hydrogen) atoms. The largest absolute Gasteiger partial charge is 0.361 e. The van der Waals surface area contributed by atoms with Crippen LogP contribution in [0.1, 0.15) is 6.42 Å². The molecule has 3 aliphatic heterocycles. The van der Waals surface area contributed by atoms with Gasteiger partial charge < -0.3 is 9.64 Å². The van der Waals surface area contributed by atoms with E-state index in [0.29, 0.717) is 6.54 Å². The van der Waals surface area contributed by atoms with Gasteiger partial charge in [-0.3, -0.25) is 4.79 Å². The van der Waals surface area contributed by atoms with E-state index in [0.717, 1.165) is 6.42 Å². The van der Waals surface area contributed by atoms with Gasteiger partial charge in [0.05, 0.1) is 12.1 Å². The smallest absolute Gasteiger partial charge is 0.275 e. The maximum absolute atomic E-state index is 12.1. The molecule has 0 unspecified atom stereocenters. The molecule has 2 fully saturated rings. The molecule has 3 rings (SSSR count). The molecule has 1 amide bonds. The van der Waals surface area contributed by atoms with Crippen LogP contribution in [0.15, 0.2) is 24.8 Å². The Balaban J connectivity index is 1.94. The molecule has 0 aliphatic carbocycles. The molecule has 1 spiro atoms. The number of hydrogen-bond donors (Lipinski definition) is 0. The Morgan fingerprint density at radius 1 is 1.56 bits per heavy atom. The van der Waals surface area contributed by atoms with Gasteiger partial charge in [0.15, 0.2) is 0 Å². The molecule has 3 aliphatic rings. The molecule has 0 radical (unpaired) electrons. The zero-order valence-corrected chi connectivity index (χ0v) is 11.8. The minimum Gasteiger partial charge on any atom is -0.361 e. The van der Waals surface area contributed by atoms with Crippen LogP contribution >= 0.6 is 34.8 Å². The monoisotopic (exact) mass is 307 g/mol. The van der Waals surface area contributed by atoms with Gasteiger partial charge in [-0.15, -0.1) is 6.58 Å². The number of carbonyl (C=O) groups is 1. The molecule has 0 saturated carbocycles. The van der Waals surface area contributed by atoms with E-state index in [1.54, 1.807) is 11.0 Å². The third kappa shape index (κ3) is 1.58. The van der Waals surface area contributed by atoms with Crippen LogP contribution in [0.5, 0.6) is 0 Å². The number of rotatable bonds is 1. The third-order valence-corrected chi connectivity index (χ3v) is 4.51. The Morgan fingerprint density at radius 2 is 2.28 bits per heavy atom. The van der Waals surface area contributed by atoms with Gasteiger partial charge in [0.2, 0.25) is 0 Å². The molecule has 3 heterocycles. The number of hydrogen-bond acceptors (Lipinski definition) is 2. The highest BCUT2D eigenvalue weighted by atomic mass is 35.6. The van der Waals surface area contributed by atoms with Crippen LogP contribution in [0.2, 0.25) is 0 Å². The maximum atomic E-state index is 12.1. The summed E-state index contributed by atoms with van der Waals surface area (Å²) in [6.45, 7) is 4.34. The summed E-state index contributed by atoms with van der Waals surface area (Å²) in [6.07, 6.45) is 6.83. The number of nitrogens with zero attached hydrogens (tertiary/aromatic N) is 1. The molecule has 0 aromatic rings. The summed E-state index contributed by atoms with van der Waals surface area (Å²) in [7, 11) is 0. The van der Waals surface area contributed by atoms with Gasteiger partial charge in [-0.05, 0) is 6.42 Å². The fourth-order valence-corrected chi connectivity index (χ4v) is 3.65. The number of likely N-dealkylation sites (tertiary alicyclic amines) is 1. The number of alkyl halides is 3. The van der Waals surface area contributed by atoms with Crippen molar-refractivity contribution in [3.8, 4) is 0 Å².